The fraction of sp³-hybridized carbons (Fsp3) is 0.538. The van der Waals surface area contributed by atoms with Gasteiger partial charge in [-0.1, -0.05) is 24.3 Å². The van der Waals surface area contributed by atoms with Crippen molar-refractivity contribution in [2.75, 3.05) is 25.2 Å². The van der Waals surface area contributed by atoms with Crippen molar-refractivity contribution in [1.82, 2.24) is 0 Å². The van der Waals surface area contributed by atoms with Crippen LogP contribution in [0, 0.1) is 6.92 Å². The summed E-state index contributed by atoms with van der Waals surface area (Å²) in [4.78, 5) is 0. The first-order valence-corrected chi connectivity index (χ1v) is 6.95. The lowest BCUT2D eigenvalue weighted by Crippen LogP contribution is -2.40. The van der Waals surface area contributed by atoms with Crippen LogP contribution in [0.3, 0.4) is 0 Å². The van der Waals surface area contributed by atoms with E-state index in [4.69, 9.17) is 5.73 Å². The Labute approximate surface area is 102 Å². The molecule has 1 aromatic rings. The molecule has 2 nitrogen and oxygen atoms in total. The molecule has 0 spiro atoms. The summed E-state index contributed by atoms with van der Waals surface area (Å²) in [6.07, 6.45) is 3.00. The van der Waals surface area contributed by atoms with Crippen LogP contribution < -0.4 is 5.73 Å². The molecule has 1 rings (SSSR count). The number of aryl methyl sites for hydroxylation is 1. The Kier molecular flexibility index (Phi) is 5.32. The summed E-state index contributed by atoms with van der Waals surface area (Å²) < 4.78 is 0. The summed E-state index contributed by atoms with van der Waals surface area (Å²) in [5.74, 6) is 1.02. The third-order valence-corrected chi connectivity index (χ3v) is 3.81. The van der Waals surface area contributed by atoms with Crippen molar-refractivity contribution < 1.29 is 5.11 Å². The Morgan fingerprint density at radius 2 is 2.06 bits per heavy atom. The van der Waals surface area contributed by atoms with Gasteiger partial charge in [-0.25, -0.2) is 0 Å². The lowest BCUT2D eigenvalue weighted by molar-refractivity contribution is 0.193. The summed E-state index contributed by atoms with van der Waals surface area (Å²) >= 11 is 1.79. The van der Waals surface area contributed by atoms with Crippen LogP contribution in [0.4, 0.5) is 0 Å². The molecule has 0 radical (unpaired) electrons. The molecule has 0 fully saturated rings. The van der Waals surface area contributed by atoms with E-state index in [9.17, 15) is 5.11 Å². The highest BCUT2D eigenvalue weighted by Crippen LogP contribution is 2.30. The van der Waals surface area contributed by atoms with E-state index in [1.54, 1.807) is 11.8 Å². The van der Waals surface area contributed by atoms with Crippen LogP contribution in [0.1, 0.15) is 17.5 Å². The van der Waals surface area contributed by atoms with Crippen molar-refractivity contribution in [1.29, 1.82) is 0 Å². The van der Waals surface area contributed by atoms with Gasteiger partial charge >= 0.3 is 0 Å². The highest BCUT2D eigenvalue weighted by Gasteiger charge is 2.30. The van der Waals surface area contributed by atoms with Gasteiger partial charge in [-0.05, 0) is 36.5 Å². The zero-order chi connectivity index (χ0) is 12.0. The molecule has 0 bridgehead atoms. The quantitative estimate of drug-likeness (QED) is 0.797. The topological polar surface area (TPSA) is 46.2 Å². The minimum atomic E-state index is -0.269. The van der Waals surface area contributed by atoms with Gasteiger partial charge in [0, 0.05) is 12.0 Å². The molecule has 0 aliphatic rings. The van der Waals surface area contributed by atoms with E-state index in [1.165, 1.54) is 11.1 Å². The molecule has 0 heterocycles. The van der Waals surface area contributed by atoms with Gasteiger partial charge in [-0.2, -0.15) is 11.8 Å². The van der Waals surface area contributed by atoms with E-state index in [1.807, 2.05) is 12.1 Å². The predicted octanol–water partition coefficient (Wildman–Crippen LogP) is 1.94. The molecule has 90 valence electrons. The standard InChI is InChI=1S/C13H21NOS/c1-11-5-3-4-6-12(11)13(9-14,10-15)7-8-16-2/h3-6,15H,7-10,14H2,1-2H3. The maximum absolute atomic E-state index is 9.69. The van der Waals surface area contributed by atoms with Gasteiger partial charge in [0.1, 0.15) is 0 Å². The molecule has 0 saturated carbocycles. The van der Waals surface area contributed by atoms with Crippen molar-refractivity contribution in [3.05, 3.63) is 35.4 Å². The van der Waals surface area contributed by atoms with Crippen LogP contribution in [0.5, 0.6) is 0 Å². The molecule has 0 saturated heterocycles. The maximum atomic E-state index is 9.69. The smallest absolute Gasteiger partial charge is 0.0540 e. The van der Waals surface area contributed by atoms with Crippen LogP contribution in [0.2, 0.25) is 0 Å². The fourth-order valence-electron chi connectivity index (χ4n) is 2.04. The number of nitrogens with two attached hydrogens (primary N) is 1. The highest BCUT2D eigenvalue weighted by atomic mass is 32.2. The molecule has 3 N–H and O–H groups in total. The molecular weight excluding hydrogens is 218 g/mol. The zero-order valence-electron chi connectivity index (χ0n) is 10.1. The van der Waals surface area contributed by atoms with Crippen LogP contribution in [-0.2, 0) is 5.41 Å². The van der Waals surface area contributed by atoms with Gasteiger partial charge < -0.3 is 10.8 Å². The largest absolute Gasteiger partial charge is 0.395 e. The normalized spacial score (nSPS) is 14.8. The van der Waals surface area contributed by atoms with Crippen molar-refractivity contribution in [3.8, 4) is 0 Å². The molecule has 0 amide bonds. The minimum Gasteiger partial charge on any atom is -0.395 e. The average Bonchev–Trinajstić information content (AvgIpc) is 2.33. The monoisotopic (exact) mass is 239 g/mol. The maximum Gasteiger partial charge on any atom is 0.0540 e. The number of thioether (sulfide) groups is 1. The SMILES string of the molecule is CSCCC(CN)(CO)c1ccccc1C. The molecule has 0 aliphatic heterocycles. The average molecular weight is 239 g/mol. The summed E-state index contributed by atoms with van der Waals surface area (Å²) in [5.41, 5.74) is 8.02. The molecule has 16 heavy (non-hydrogen) atoms. The van der Waals surface area contributed by atoms with Crippen LogP contribution in [-0.4, -0.2) is 30.3 Å². The highest BCUT2D eigenvalue weighted by molar-refractivity contribution is 7.98. The van der Waals surface area contributed by atoms with Gasteiger partial charge in [-0.3, -0.25) is 0 Å². The first kappa shape index (κ1) is 13.6. The summed E-state index contributed by atoms with van der Waals surface area (Å²) in [6.45, 7) is 2.69. The van der Waals surface area contributed by atoms with Gasteiger partial charge in [0.2, 0.25) is 0 Å². The number of aliphatic hydroxyl groups excluding tert-OH is 1. The minimum absolute atomic E-state index is 0.120. The van der Waals surface area contributed by atoms with E-state index >= 15 is 0 Å². The number of hydrogen-bond donors (Lipinski definition) is 2. The zero-order valence-corrected chi connectivity index (χ0v) is 10.9. The first-order chi connectivity index (χ1) is 7.70. The van der Waals surface area contributed by atoms with Gasteiger partial charge in [-0.15, -0.1) is 0 Å². The van der Waals surface area contributed by atoms with Crippen LogP contribution >= 0.6 is 11.8 Å². The number of aliphatic hydroxyl groups is 1. The molecular formula is C13H21NOS. The van der Waals surface area contributed by atoms with Crippen molar-refractivity contribution >= 4 is 11.8 Å². The van der Waals surface area contributed by atoms with E-state index < -0.39 is 0 Å². The Balaban J connectivity index is 3.05. The second-order valence-corrected chi connectivity index (χ2v) is 5.19. The van der Waals surface area contributed by atoms with Crippen molar-refractivity contribution in [2.45, 2.75) is 18.8 Å². The number of rotatable bonds is 6. The van der Waals surface area contributed by atoms with Gasteiger partial charge in [0.25, 0.3) is 0 Å². The van der Waals surface area contributed by atoms with Crippen molar-refractivity contribution in [2.24, 2.45) is 5.73 Å². The van der Waals surface area contributed by atoms with Gasteiger partial charge in [0.15, 0.2) is 0 Å². The molecule has 0 aromatic heterocycles. The third kappa shape index (κ3) is 2.78. The van der Waals surface area contributed by atoms with E-state index in [0.29, 0.717) is 6.54 Å². The Hall–Kier alpha value is -0.510. The van der Waals surface area contributed by atoms with E-state index in [-0.39, 0.29) is 12.0 Å². The number of benzene rings is 1. The van der Waals surface area contributed by atoms with Crippen LogP contribution in [0.25, 0.3) is 0 Å². The summed E-state index contributed by atoms with van der Waals surface area (Å²) in [5, 5.41) is 9.69. The Morgan fingerprint density at radius 1 is 1.38 bits per heavy atom. The van der Waals surface area contributed by atoms with E-state index in [2.05, 4.69) is 25.3 Å². The summed E-state index contributed by atoms with van der Waals surface area (Å²) in [6, 6.07) is 8.20. The Bertz CT molecular complexity index is 323. The molecule has 1 aromatic carbocycles. The van der Waals surface area contributed by atoms with Crippen LogP contribution in [0.15, 0.2) is 24.3 Å². The second kappa shape index (κ2) is 6.28. The lowest BCUT2D eigenvalue weighted by atomic mass is 9.77. The molecule has 1 atom stereocenters. The first-order valence-electron chi connectivity index (χ1n) is 5.56. The predicted molar refractivity (Wildman–Crippen MR) is 72.0 cm³/mol. The number of hydrogen-bond acceptors (Lipinski definition) is 3. The Morgan fingerprint density at radius 3 is 2.56 bits per heavy atom. The third-order valence-electron chi connectivity index (χ3n) is 3.19. The molecule has 0 aliphatic carbocycles. The fourth-order valence-corrected chi connectivity index (χ4v) is 2.64. The molecule has 3 heteroatoms. The van der Waals surface area contributed by atoms with Crippen molar-refractivity contribution in [3.63, 3.8) is 0 Å². The van der Waals surface area contributed by atoms with E-state index in [0.717, 1.165) is 12.2 Å². The van der Waals surface area contributed by atoms with Gasteiger partial charge in [0.05, 0.1) is 6.61 Å². The molecule has 1 unspecified atom stereocenters. The second-order valence-electron chi connectivity index (χ2n) is 4.20. The summed E-state index contributed by atoms with van der Waals surface area (Å²) in [7, 11) is 0. The lowest BCUT2D eigenvalue weighted by Gasteiger charge is -2.32.